The Morgan fingerprint density at radius 1 is 1.48 bits per heavy atom. The number of carbonyl (C=O) groups is 1. The molecule has 2 aromatic rings. The molecule has 1 amide bonds. The average molecular weight is 323 g/mol. The topological polar surface area (TPSA) is 59.0 Å². The van der Waals surface area contributed by atoms with Gasteiger partial charge < -0.3 is 4.90 Å². The van der Waals surface area contributed by atoms with Gasteiger partial charge in [-0.1, -0.05) is 11.6 Å². The van der Waals surface area contributed by atoms with Crippen molar-refractivity contribution < 1.29 is 4.79 Å². The van der Waals surface area contributed by atoms with Crippen molar-refractivity contribution in [1.29, 1.82) is 0 Å². The number of halogens is 1. The highest BCUT2D eigenvalue weighted by atomic mass is 35.5. The molecule has 0 unspecified atom stereocenters. The molecule has 5 nitrogen and oxygen atoms in total. The van der Waals surface area contributed by atoms with Crippen molar-refractivity contribution in [3.63, 3.8) is 0 Å². The summed E-state index contributed by atoms with van der Waals surface area (Å²) in [5.41, 5.74) is 0.295. The molecule has 1 aliphatic heterocycles. The number of thiazole rings is 1. The SMILES string of the molecule is Cc1ncc(Cl)c(C(=O)N2CCC[C@H](c3nccs3)C2)n1. The number of aryl methyl sites for hydroxylation is 1. The number of nitrogens with zero attached hydrogens (tertiary/aromatic N) is 4. The van der Waals surface area contributed by atoms with Crippen LogP contribution >= 0.6 is 22.9 Å². The molecular weight excluding hydrogens is 308 g/mol. The summed E-state index contributed by atoms with van der Waals surface area (Å²) in [6, 6.07) is 0. The maximum Gasteiger partial charge on any atom is 0.274 e. The van der Waals surface area contributed by atoms with E-state index in [0.717, 1.165) is 24.4 Å². The minimum atomic E-state index is -0.119. The molecule has 0 N–H and O–H groups in total. The first-order chi connectivity index (χ1) is 10.1. The van der Waals surface area contributed by atoms with Crippen LogP contribution < -0.4 is 0 Å². The zero-order valence-corrected chi connectivity index (χ0v) is 13.2. The van der Waals surface area contributed by atoms with E-state index >= 15 is 0 Å². The van der Waals surface area contributed by atoms with Gasteiger partial charge in [-0.15, -0.1) is 11.3 Å². The molecule has 21 heavy (non-hydrogen) atoms. The van der Waals surface area contributed by atoms with E-state index in [-0.39, 0.29) is 5.91 Å². The van der Waals surface area contributed by atoms with Gasteiger partial charge in [-0.2, -0.15) is 0 Å². The summed E-state index contributed by atoms with van der Waals surface area (Å²) in [4.78, 5) is 27.0. The monoisotopic (exact) mass is 322 g/mol. The minimum Gasteiger partial charge on any atom is -0.337 e. The van der Waals surface area contributed by atoms with Gasteiger partial charge in [-0.05, 0) is 19.8 Å². The van der Waals surface area contributed by atoms with Crippen molar-refractivity contribution in [2.24, 2.45) is 0 Å². The molecule has 1 atom stereocenters. The van der Waals surface area contributed by atoms with Crippen LogP contribution in [0.25, 0.3) is 0 Å². The molecule has 7 heteroatoms. The smallest absolute Gasteiger partial charge is 0.274 e. The number of carbonyl (C=O) groups excluding carboxylic acids is 1. The normalized spacial score (nSPS) is 18.8. The van der Waals surface area contributed by atoms with Crippen molar-refractivity contribution in [3.05, 3.63) is 39.3 Å². The van der Waals surface area contributed by atoms with Crippen LogP contribution in [-0.2, 0) is 0 Å². The average Bonchev–Trinajstić information content (AvgIpc) is 3.03. The maximum absolute atomic E-state index is 12.6. The van der Waals surface area contributed by atoms with E-state index in [1.807, 2.05) is 16.5 Å². The summed E-state index contributed by atoms with van der Waals surface area (Å²) in [6.07, 6.45) is 5.33. The number of hydrogen-bond acceptors (Lipinski definition) is 5. The lowest BCUT2D eigenvalue weighted by Gasteiger charge is -2.31. The lowest BCUT2D eigenvalue weighted by atomic mass is 9.98. The maximum atomic E-state index is 12.6. The van der Waals surface area contributed by atoms with Gasteiger partial charge in [-0.25, -0.2) is 15.0 Å². The molecule has 3 rings (SSSR count). The van der Waals surface area contributed by atoms with Gasteiger partial charge in [0.1, 0.15) is 5.82 Å². The van der Waals surface area contributed by atoms with E-state index in [4.69, 9.17) is 11.6 Å². The van der Waals surface area contributed by atoms with Crippen molar-refractivity contribution in [2.45, 2.75) is 25.7 Å². The van der Waals surface area contributed by atoms with Gasteiger partial charge in [0.05, 0.1) is 16.2 Å². The standard InChI is InChI=1S/C14H15ClN4OS/c1-9-17-7-11(15)12(18-9)14(20)19-5-2-3-10(8-19)13-16-4-6-21-13/h4,6-7,10H,2-3,5,8H2,1H3/t10-/m0/s1. The van der Waals surface area contributed by atoms with Crippen molar-refractivity contribution >= 4 is 28.8 Å². The molecule has 1 fully saturated rings. The zero-order valence-electron chi connectivity index (χ0n) is 11.6. The van der Waals surface area contributed by atoms with Crippen molar-refractivity contribution in [1.82, 2.24) is 19.9 Å². The van der Waals surface area contributed by atoms with Crippen LogP contribution in [0.4, 0.5) is 0 Å². The molecule has 1 saturated heterocycles. The van der Waals surface area contributed by atoms with E-state index in [9.17, 15) is 4.79 Å². The van der Waals surface area contributed by atoms with Crippen molar-refractivity contribution in [3.8, 4) is 0 Å². The van der Waals surface area contributed by atoms with Crippen LogP contribution in [0, 0.1) is 6.92 Å². The minimum absolute atomic E-state index is 0.119. The van der Waals surface area contributed by atoms with Crippen molar-refractivity contribution in [2.75, 3.05) is 13.1 Å². The lowest BCUT2D eigenvalue weighted by molar-refractivity contribution is 0.0701. The number of hydrogen-bond donors (Lipinski definition) is 0. The van der Waals surface area contributed by atoms with Gasteiger partial charge in [-0.3, -0.25) is 4.79 Å². The third-order valence-electron chi connectivity index (χ3n) is 3.58. The molecule has 2 aromatic heterocycles. The quantitative estimate of drug-likeness (QED) is 0.853. The summed E-state index contributed by atoms with van der Waals surface area (Å²) in [7, 11) is 0. The zero-order chi connectivity index (χ0) is 14.8. The van der Waals surface area contributed by atoms with Gasteiger partial charge in [0.2, 0.25) is 0 Å². The van der Waals surface area contributed by atoms with Gasteiger partial charge in [0.25, 0.3) is 5.91 Å². The highest BCUT2D eigenvalue weighted by molar-refractivity contribution is 7.09. The van der Waals surface area contributed by atoms with Crippen LogP contribution in [0.1, 0.15) is 40.1 Å². The molecule has 3 heterocycles. The summed E-state index contributed by atoms with van der Waals surface area (Å²) in [6.45, 7) is 3.16. The fourth-order valence-electron chi connectivity index (χ4n) is 2.55. The summed E-state index contributed by atoms with van der Waals surface area (Å²) in [5, 5.41) is 3.38. The first-order valence-corrected chi connectivity index (χ1v) is 8.08. The van der Waals surface area contributed by atoms with Gasteiger partial charge in [0, 0.05) is 30.6 Å². The summed E-state index contributed by atoms with van der Waals surface area (Å²) >= 11 is 7.71. The molecule has 0 bridgehead atoms. The fraction of sp³-hybridized carbons (Fsp3) is 0.429. The van der Waals surface area contributed by atoms with Crippen LogP contribution in [0.15, 0.2) is 17.8 Å². The predicted molar refractivity (Wildman–Crippen MR) is 81.8 cm³/mol. The van der Waals surface area contributed by atoms with Gasteiger partial charge in [0.15, 0.2) is 5.69 Å². The van der Waals surface area contributed by atoms with Crippen LogP contribution in [0.2, 0.25) is 5.02 Å². The molecule has 0 saturated carbocycles. The number of piperidine rings is 1. The molecule has 110 valence electrons. The Morgan fingerprint density at radius 2 is 2.33 bits per heavy atom. The first kappa shape index (κ1) is 14.4. The number of amides is 1. The fourth-order valence-corrected chi connectivity index (χ4v) is 3.49. The Balaban J connectivity index is 1.79. The Kier molecular flexibility index (Phi) is 4.17. The molecule has 0 aromatic carbocycles. The largest absolute Gasteiger partial charge is 0.337 e. The second-order valence-corrected chi connectivity index (χ2v) is 6.41. The van der Waals surface area contributed by atoms with Gasteiger partial charge >= 0.3 is 0 Å². The summed E-state index contributed by atoms with van der Waals surface area (Å²) < 4.78 is 0. The lowest BCUT2D eigenvalue weighted by Crippen LogP contribution is -2.39. The van der Waals surface area contributed by atoms with E-state index in [1.165, 1.54) is 6.20 Å². The van der Waals surface area contributed by atoms with Crippen LogP contribution in [0.5, 0.6) is 0 Å². The number of rotatable bonds is 2. The Labute approximate surface area is 132 Å². The number of aromatic nitrogens is 3. The summed E-state index contributed by atoms with van der Waals surface area (Å²) in [5.74, 6) is 0.743. The highest BCUT2D eigenvalue weighted by Crippen LogP contribution is 2.29. The Morgan fingerprint density at radius 3 is 3.10 bits per heavy atom. The second-order valence-electron chi connectivity index (χ2n) is 5.07. The molecule has 1 aliphatic rings. The Bertz CT molecular complexity index is 646. The molecule has 0 spiro atoms. The number of likely N-dealkylation sites (tertiary alicyclic amines) is 1. The van der Waals surface area contributed by atoms with E-state index in [1.54, 1.807) is 18.3 Å². The molecule has 0 aliphatic carbocycles. The highest BCUT2D eigenvalue weighted by Gasteiger charge is 2.28. The van der Waals surface area contributed by atoms with E-state index in [0.29, 0.717) is 29.0 Å². The third-order valence-corrected chi connectivity index (χ3v) is 4.79. The first-order valence-electron chi connectivity index (χ1n) is 6.83. The molecular formula is C14H15ClN4OS. The second kappa shape index (κ2) is 6.07. The predicted octanol–water partition coefficient (Wildman–Crippen LogP) is 2.91. The van der Waals surface area contributed by atoms with Crippen LogP contribution in [0.3, 0.4) is 0 Å². The molecule has 0 radical (unpaired) electrons. The van der Waals surface area contributed by atoms with Crippen LogP contribution in [-0.4, -0.2) is 38.8 Å². The Hall–Kier alpha value is -1.53. The third kappa shape index (κ3) is 3.06. The van der Waals surface area contributed by atoms with E-state index < -0.39 is 0 Å². The van der Waals surface area contributed by atoms with E-state index in [2.05, 4.69) is 15.0 Å².